The first-order valence-electron chi connectivity index (χ1n) is 9.50. The molecule has 2 N–H and O–H groups in total. The number of likely N-dealkylation sites (tertiary alicyclic amines) is 1. The minimum Gasteiger partial charge on any atom is -0.466 e. The monoisotopic (exact) mass is 375 g/mol. The molecule has 148 valence electrons. The van der Waals surface area contributed by atoms with E-state index in [-0.39, 0.29) is 36.2 Å². The average molecular weight is 375 g/mol. The second-order valence-corrected chi connectivity index (χ2v) is 6.98. The van der Waals surface area contributed by atoms with Gasteiger partial charge in [0, 0.05) is 30.4 Å². The van der Waals surface area contributed by atoms with Crippen LogP contribution in [0.25, 0.3) is 0 Å². The van der Waals surface area contributed by atoms with E-state index < -0.39 is 0 Å². The van der Waals surface area contributed by atoms with Gasteiger partial charge in [0.1, 0.15) is 0 Å². The zero-order valence-corrected chi connectivity index (χ0v) is 16.3. The molecule has 1 aliphatic heterocycles. The molecule has 0 aliphatic carbocycles. The van der Waals surface area contributed by atoms with Crippen LogP contribution in [-0.2, 0) is 19.1 Å². The van der Waals surface area contributed by atoms with Gasteiger partial charge in [-0.15, -0.1) is 0 Å². The van der Waals surface area contributed by atoms with E-state index in [9.17, 15) is 14.4 Å². The van der Waals surface area contributed by atoms with Gasteiger partial charge in [0.05, 0.1) is 19.1 Å². The summed E-state index contributed by atoms with van der Waals surface area (Å²) in [7, 11) is 0. The lowest BCUT2D eigenvalue weighted by Crippen LogP contribution is -2.43. The number of hydrogen-bond donors (Lipinski definition) is 2. The molecule has 0 spiro atoms. The van der Waals surface area contributed by atoms with Crippen molar-refractivity contribution >= 4 is 29.2 Å². The maximum Gasteiger partial charge on any atom is 0.309 e. The maximum atomic E-state index is 12.4. The van der Waals surface area contributed by atoms with Crippen molar-refractivity contribution in [2.75, 3.05) is 36.9 Å². The van der Waals surface area contributed by atoms with Gasteiger partial charge >= 0.3 is 5.97 Å². The van der Waals surface area contributed by atoms with E-state index in [1.807, 2.05) is 26.0 Å². The molecule has 1 aliphatic rings. The third-order valence-corrected chi connectivity index (χ3v) is 4.59. The number of esters is 1. The van der Waals surface area contributed by atoms with Gasteiger partial charge in [-0.05, 0) is 44.0 Å². The van der Waals surface area contributed by atoms with Crippen molar-refractivity contribution < 1.29 is 19.1 Å². The van der Waals surface area contributed by atoms with Crippen molar-refractivity contribution in [1.82, 2.24) is 4.90 Å². The molecule has 0 unspecified atom stereocenters. The third-order valence-electron chi connectivity index (χ3n) is 4.59. The molecule has 1 saturated heterocycles. The van der Waals surface area contributed by atoms with Gasteiger partial charge in [0.25, 0.3) is 0 Å². The topological polar surface area (TPSA) is 87.7 Å². The summed E-state index contributed by atoms with van der Waals surface area (Å²) >= 11 is 0. The molecule has 1 heterocycles. The number of carbonyl (C=O) groups is 3. The third kappa shape index (κ3) is 6.27. The Bertz CT molecular complexity index is 650. The highest BCUT2D eigenvalue weighted by atomic mass is 16.5. The smallest absolute Gasteiger partial charge is 0.309 e. The summed E-state index contributed by atoms with van der Waals surface area (Å²) < 4.78 is 5.05. The van der Waals surface area contributed by atoms with Crippen LogP contribution in [0.1, 0.15) is 33.6 Å². The number of nitrogens with zero attached hydrogens (tertiary/aromatic N) is 1. The average Bonchev–Trinajstić information content (AvgIpc) is 2.67. The van der Waals surface area contributed by atoms with E-state index in [2.05, 4.69) is 10.6 Å². The molecule has 7 nitrogen and oxygen atoms in total. The predicted octanol–water partition coefficient (Wildman–Crippen LogP) is 2.49. The molecule has 0 atom stereocenters. The standard InChI is InChI=1S/C20H29N3O4/c1-4-27-20(26)15-9-11-23(12-10-15)18(24)13-21-16-5-7-17(8-6-16)22-19(25)14(2)3/h5-8,14-15,21H,4,9-13H2,1-3H3,(H,22,25). The first-order chi connectivity index (χ1) is 12.9. The lowest BCUT2D eigenvalue weighted by molar-refractivity contribution is -0.151. The van der Waals surface area contributed by atoms with Crippen molar-refractivity contribution in [1.29, 1.82) is 0 Å². The number of amides is 2. The Morgan fingerprint density at radius 3 is 2.26 bits per heavy atom. The molecule has 0 aromatic heterocycles. The summed E-state index contributed by atoms with van der Waals surface area (Å²) in [4.78, 5) is 37.6. The van der Waals surface area contributed by atoms with Crippen LogP contribution in [-0.4, -0.2) is 48.9 Å². The molecule has 2 amide bonds. The summed E-state index contributed by atoms with van der Waals surface area (Å²) in [6, 6.07) is 7.27. The van der Waals surface area contributed by atoms with Crippen LogP contribution >= 0.6 is 0 Å². The first-order valence-corrected chi connectivity index (χ1v) is 9.50. The highest BCUT2D eigenvalue weighted by molar-refractivity contribution is 5.92. The fourth-order valence-corrected chi connectivity index (χ4v) is 2.87. The van der Waals surface area contributed by atoms with Crippen LogP contribution < -0.4 is 10.6 Å². The fourth-order valence-electron chi connectivity index (χ4n) is 2.87. The Kier molecular flexibility index (Phi) is 7.64. The number of piperidine rings is 1. The number of benzene rings is 1. The van der Waals surface area contributed by atoms with E-state index in [1.54, 1.807) is 24.0 Å². The molecular formula is C20H29N3O4. The summed E-state index contributed by atoms with van der Waals surface area (Å²) in [5.74, 6) is -0.358. The van der Waals surface area contributed by atoms with E-state index in [1.165, 1.54) is 0 Å². The maximum absolute atomic E-state index is 12.4. The van der Waals surface area contributed by atoms with Crippen LogP contribution in [0.5, 0.6) is 0 Å². The van der Waals surface area contributed by atoms with Gasteiger partial charge in [-0.1, -0.05) is 13.8 Å². The van der Waals surface area contributed by atoms with Crippen molar-refractivity contribution in [3.63, 3.8) is 0 Å². The minimum absolute atomic E-state index is 0.00879. The molecule has 1 aromatic carbocycles. The Morgan fingerprint density at radius 2 is 1.70 bits per heavy atom. The second-order valence-electron chi connectivity index (χ2n) is 6.98. The van der Waals surface area contributed by atoms with Gasteiger partial charge in [-0.3, -0.25) is 14.4 Å². The molecule has 7 heteroatoms. The fraction of sp³-hybridized carbons (Fsp3) is 0.550. The van der Waals surface area contributed by atoms with Crippen molar-refractivity contribution in [2.24, 2.45) is 11.8 Å². The summed E-state index contributed by atoms with van der Waals surface area (Å²) in [6.07, 6.45) is 1.30. The van der Waals surface area contributed by atoms with Crippen LogP contribution in [0.3, 0.4) is 0 Å². The quantitative estimate of drug-likeness (QED) is 0.715. The SMILES string of the molecule is CCOC(=O)C1CCN(C(=O)CNc2ccc(NC(=O)C(C)C)cc2)CC1. The Morgan fingerprint density at radius 1 is 1.11 bits per heavy atom. The molecule has 27 heavy (non-hydrogen) atoms. The predicted molar refractivity (Wildman–Crippen MR) is 104 cm³/mol. The number of nitrogens with one attached hydrogen (secondary N) is 2. The normalized spacial score (nSPS) is 14.7. The highest BCUT2D eigenvalue weighted by Crippen LogP contribution is 2.19. The van der Waals surface area contributed by atoms with Crippen LogP contribution in [0, 0.1) is 11.8 Å². The van der Waals surface area contributed by atoms with Crippen LogP contribution in [0.15, 0.2) is 24.3 Å². The lowest BCUT2D eigenvalue weighted by atomic mass is 9.97. The molecule has 0 saturated carbocycles. The van der Waals surface area contributed by atoms with Crippen LogP contribution in [0.2, 0.25) is 0 Å². The zero-order chi connectivity index (χ0) is 19.8. The molecule has 2 rings (SSSR count). The molecule has 1 fully saturated rings. The summed E-state index contributed by atoms with van der Waals surface area (Å²) in [5.41, 5.74) is 1.54. The second kappa shape index (κ2) is 9.94. The lowest BCUT2D eigenvalue weighted by Gasteiger charge is -2.31. The van der Waals surface area contributed by atoms with Crippen LogP contribution in [0.4, 0.5) is 11.4 Å². The number of carbonyl (C=O) groups excluding carboxylic acids is 3. The molecule has 0 bridgehead atoms. The van der Waals surface area contributed by atoms with E-state index in [4.69, 9.17) is 4.74 Å². The number of hydrogen-bond acceptors (Lipinski definition) is 5. The largest absolute Gasteiger partial charge is 0.466 e. The Labute approximate surface area is 160 Å². The van der Waals surface area contributed by atoms with Gasteiger partial charge in [0.2, 0.25) is 11.8 Å². The van der Waals surface area contributed by atoms with Gasteiger partial charge in [0.15, 0.2) is 0 Å². The highest BCUT2D eigenvalue weighted by Gasteiger charge is 2.27. The van der Waals surface area contributed by atoms with Crippen molar-refractivity contribution in [3.8, 4) is 0 Å². The van der Waals surface area contributed by atoms with Gasteiger partial charge in [-0.25, -0.2) is 0 Å². The Balaban J connectivity index is 1.76. The van der Waals surface area contributed by atoms with E-state index >= 15 is 0 Å². The Hall–Kier alpha value is -2.57. The zero-order valence-electron chi connectivity index (χ0n) is 16.3. The van der Waals surface area contributed by atoms with E-state index in [0.29, 0.717) is 32.5 Å². The molecule has 0 radical (unpaired) electrons. The minimum atomic E-state index is -0.160. The molecule has 1 aromatic rings. The van der Waals surface area contributed by atoms with Crippen molar-refractivity contribution in [3.05, 3.63) is 24.3 Å². The first kappa shape index (κ1) is 20.7. The number of rotatable bonds is 7. The van der Waals surface area contributed by atoms with Gasteiger partial charge in [-0.2, -0.15) is 0 Å². The number of anilines is 2. The summed E-state index contributed by atoms with van der Waals surface area (Å²) in [5, 5.41) is 5.93. The van der Waals surface area contributed by atoms with Gasteiger partial charge < -0.3 is 20.3 Å². The van der Waals surface area contributed by atoms with E-state index in [0.717, 1.165) is 11.4 Å². The number of ether oxygens (including phenoxy) is 1. The summed E-state index contributed by atoms with van der Waals surface area (Å²) in [6.45, 7) is 7.21. The molecular weight excluding hydrogens is 346 g/mol. The van der Waals surface area contributed by atoms with Crippen molar-refractivity contribution in [2.45, 2.75) is 33.6 Å².